The number of esters is 2. The number of nitro benzene ring substituents is 1. The number of hydrogen-bond donors (Lipinski definition) is 0. The molecule has 0 aliphatic rings. The minimum atomic E-state index is -0.830. The van der Waals surface area contributed by atoms with Gasteiger partial charge >= 0.3 is 11.9 Å². The van der Waals surface area contributed by atoms with Gasteiger partial charge in [-0.3, -0.25) is 10.1 Å². The highest BCUT2D eigenvalue weighted by Gasteiger charge is 2.23. The van der Waals surface area contributed by atoms with E-state index in [1.165, 1.54) is 18.2 Å². The molecule has 9 heteroatoms. The summed E-state index contributed by atoms with van der Waals surface area (Å²) in [5.74, 6) is -1.66. The number of para-hydroxylation sites is 1. The van der Waals surface area contributed by atoms with Gasteiger partial charge in [-0.25, -0.2) is 14.3 Å². The van der Waals surface area contributed by atoms with Gasteiger partial charge in [0.2, 0.25) is 0 Å². The molecule has 32 heavy (non-hydrogen) atoms. The van der Waals surface area contributed by atoms with Crippen molar-refractivity contribution in [2.45, 2.75) is 13.8 Å². The van der Waals surface area contributed by atoms with Crippen LogP contribution in [0.5, 0.6) is 0 Å². The summed E-state index contributed by atoms with van der Waals surface area (Å²) in [4.78, 5) is 35.6. The highest BCUT2D eigenvalue weighted by Crippen LogP contribution is 2.28. The van der Waals surface area contributed by atoms with E-state index in [4.69, 9.17) is 9.47 Å². The molecule has 0 unspecified atom stereocenters. The maximum atomic E-state index is 12.4. The van der Waals surface area contributed by atoms with Crippen molar-refractivity contribution in [1.29, 1.82) is 0 Å². The zero-order chi connectivity index (χ0) is 23.1. The number of aromatic nitrogens is 2. The molecule has 0 spiro atoms. The molecule has 9 nitrogen and oxygen atoms in total. The number of rotatable bonds is 8. The molecule has 1 heterocycles. The van der Waals surface area contributed by atoms with Crippen LogP contribution < -0.4 is 0 Å². The smallest absolute Gasteiger partial charge is 0.345 e. The van der Waals surface area contributed by atoms with Crippen molar-refractivity contribution in [1.82, 2.24) is 9.78 Å². The van der Waals surface area contributed by atoms with Gasteiger partial charge < -0.3 is 9.47 Å². The first kappa shape index (κ1) is 22.4. The Kier molecular flexibility index (Phi) is 7.12. The van der Waals surface area contributed by atoms with E-state index in [0.29, 0.717) is 16.8 Å². The second-order valence-corrected chi connectivity index (χ2v) is 6.52. The van der Waals surface area contributed by atoms with Gasteiger partial charge in [-0.1, -0.05) is 30.3 Å². The molecule has 0 radical (unpaired) electrons. The fourth-order valence-electron chi connectivity index (χ4n) is 2.97. The van der Waals surface area contributed by atoms with Crippen molar-refractivity contribution in [2.24, 2.45) is 0 Å². The molecule has 0 fully saturated rings. The minimum absolute atomic E-state index is 0.0800. The highest BCUT2D eigenvalue weighted by molar-refractivity contribution is 6.18. The molecule has 0 N–H and O–H groups in total. The van der Waals surface area contributed by atoms with E-state index in [1.807, 2.05) is 30.3 Å². The van der Waals surface area contributed by atoms with Crippen LogP contribution in [0.3, 0.4) is 0 Å². The predicted molar refractivity (Wildman–Crippen MR) is 117 cm³/mol. The van der Waals surface area contributed by atoms with Gasteiger partial charge in [-0.05, 0) is 32.1 Å². The molecule has 0 aliphatic heterocycles. The topological polar surface area (TPSA) is 114 Å². The third kappa shape index (κ3) is 5.07. The van der Waals surface area contributed by atoms with Crippen LogP contribution in [0.2, 0.25) is 0 Å². The number of non-ortho nitro benzene ring substituents is 1. The number of carbonyl (C=O) groups excluding carboxylic acids is 2. The Morgan fingerprint density at radius 3 is 2.28 bits per heavy atom. The Bertz CT molecular complexity index is 1150. The van der Waals surface area contributed by atoms with Gasteiger partial charge in [-0.15, -0.1) is 0 Å². The summed E-state index contributed by atoms with van der Waals surface area (Å²) in [6.45, 7) is 3.42. The maximum absolute atomic E-state index is 12.4. The minimum Gasteiger partial charge on any atom is -0.462 e. The third-order valence-corrected chi connectivity index (χ3v) is 4.38. The lowest BCUT2D eigenvalue weighted by Gasteiger charge is -2.06. The van der Waals surface area contributed by atoms with Crippen LogP contribution >= 0.6 is 0 Å². The van der Waals surface area contributed by atoms with Crippen LogP contribution in [-0.4, -0.2) is 39.9 Å². The lowest BCUT2D eigenvalue weighted by atomic mass is 10.1. The summed E-state index contributed by atoms with van der Waals surface area (Å²) >= 11 is 0. The van der Waals surface area contributed by atoms with Crippen molar-refractivity contribution in [3.8, 4) is 16.9 Å². The number of nitro groups is 1. The van der Waals surface area contributed by atoms with Gasteiger partial charge in [0.1, 0.15) is 11.3 Å². The molecular weight excluding hydrogens is 414 g/mol. The Morgan fingerprint density at radius 2 is 1.69 bits per heavy atom. The van der Waals surface area contributed by atoms with Crippen LogP contribution in [0.25, 0.3) is 23.0 Å². The second kappa shape index (κ2) is 10.2. The average Bonchev–Trinajstić information content (AvgIpc) is 3.22. The zero-order valence-corrected chi connectivity index (χ0v) is 17.6. The lowest BCUT2D eigenvalue weighted by molar-refractivity contribution is -0.384. The Labute approximate surface area is 184 Å². The molecule has 0 bridgehead atoms. The van der Waals surface area contributed by atoms with Crippen molar-refractivity contribution in [3.63, 3.8) is 0 Å². The largest absolute Gasteiger partial charge is 0.462 e. The standard InChI is InChI=1S/C23H21N3O6/c1-3-31-22(27)20(23(28)32-4-2)14-17-15-25(18-10-6-5-7-11-18)24-21(17)16-9-8-12-19(13-16)26(29)30/h5-15H,3-4H2,1-2H3. The Morgan fingerprint density at radius 1 is 1.03 bits per heavy atom. The second-order valence-electron chi connectivity index (χ2n) is 6.52. The average molecular weight is 435 g/mol. The van der Waals surface area contributed by atoms with Gasteiger partial charge in [-0.2, -0.15) is 5.10 Å². The molecule has 0 aliphatic carbocycles. The van der Waals surface area contributed by atoms with Gasteiger partial charge in [0.05, 0.1) is 23.8 Å². The summed E-state index contributed by atoms with van der Waals surface area (Å²) in [6, 6.07) is 15.1. The summed E-state index contributed by atoms with van der Waals surface area (Å²) in [5.41, 5.74) is 1.52. The van der Waals surface area contributed by atoms with E-state index < -0.39 is 16.9 Å². The summed E-state index contributed by atoms with van der Waals surface area (Å²) < 4.78 is 11.6. The molecule has 3 aromatic rings. The van der Waals surface area contributed by atoms with E-state index in [0.717, 1.165) is 5.69 Å². The van der Waals surface area contributed by atoms with Crippen LogP contribution in [0, 0.1) is 10.1 Å². The number of hydrogen-bond acceptors (Lipinski definition) is 7. The lowest BCUT2D eigenvalue weighted by Crippen LogP contribution is -2.18. The van der Waals surface area contributed by atoms with Crippen LogP contribution in [0.1, 0.15) is 19.4 Å². The summed E-state index contributed by atoms with van der Waals surface area (Å²) in [7, 11) is 0. The fraction of sp³-hybridized carbons (Fsp3) is 0.174. The van der Waals surface area contributed by atoms with Gasteiger partial charge in [0.25, 0.3) is 5.69 Å². The maximum Gasteiger partial charge on any atom is 0.345 e. The van der Waals surface area contributed by atoms with Crippen molar-refractivity contribution >= 4 is 23.7 Å². The van der Waals surface area contributed by atoms with E-state index in [-0.39, 0.29) is 24.5 Å². The van der Waals surface area contributed by atoms with E-state index in [9.17, 15) is 19.7 Å². The van der Waals surface area contributed by atoms with E-state index >= 15 is 0 Å². The van der Waals surface area contributed by atoms with Gasteiger partial charge in [0, 0.05) is 29.5 Å². The molecule has 164 valence electrons. The third-order valence-electron chi connectivity index (χ3n) is 4.38. The highest BCUT2D eigenvalue weighted by atomic mass is 16.6. The SMILES string of the molecule is CCOC(=O)C(=Cc1cn(-c2ccccc2)nc1-c1cccc([N+](=O)[O-])c1)C(=O)OCC. The monoisotopic (exact) mass is 435 g/mol. The van der Waals surface area contributed by atoms with Crippen LogP contribution in [0.4, 0.5) is 5.69 Å². The number of nitrogens with zero attached hydrogens (tertiary/aromatic N) is 3. The fourth-order valence-corrected chi connectivity index (χ4v) is 2.97. The molecule has 0 saturated carbocycles. The molecular formula is C23H21N3O6. The first-order chi connectivity index (χ1) is 15.4. The first-order valence-electron chi connectivity index (χ1n) is 9.90. The van der Waals surface area contributed by atoms with Crippen LogP contribution in [0.15, 0.2) is 66.4 Å². The quantitative estimate of drug-likeness (QED) is 0.131. The molecule has 2 aromatic carbocycles. The number of benzene rings is 2. The van der Waals surface area contributed by atoms with Crippen molar-refractivity contribution in [3.05, 3.63) is 82.0 Å². The van der Waals surface area contributed by atoms with Crippen molar-refractivity contribution in [2.75, 3.05) is 13.2 Å². The summed E-state index contributed by atoms with van der Waals surface area (Å²) in [6.07, 6.45) is 2.96. The molecule has 1 aromatic heterocycles. The predicted octanol–water partition coefficient (Wildman–Crippen LogP) is 3.96. The Balaban J connectivity index is 2.20. The zero-order valence-electron chi connectivity index (χ0n) is 17.6. The number of ether oxygens (including phenoxy) is 2. The first-order valence-corrected chi connectivity index (χ1v) is 9.90. The number of carbonyl (C=O) groups is 2. The van der Waals surface area contributed by atoms with Crippen LogP contribution in [-0.2, 0) is 19.1 Å². The van der Waals surface area contributed by atoms with E-state index in [2.05, 4.69) is 5.10 Å². The molecule has 0 amide bonds. The van der Waals surface area contributed by atoms with E-state index in [1.54, 1.807) is 36.9 Å². The summed E-state index contributed by atoms with van der Waals surface area (Å²) in [5, 5.41) is 15.8. The molecule has 3 rings (SSSR count). The molecule has 0 saturated heterocycles. The van der Waals surface area contributed by atoms with Gasteiger partial charge in [0.15, 0.2) is 0 Å². The van der Waals surface area contributed by atoms with Crippen molar-refractivity contribution < 1.29 is 24.0 Å². The molecule has 0 atom stereocenters. The normalized spacial score (nSPS) is 10.3. The Hall–Kier alpha value is -4.27.